The molecule has 178 valence electrons. The molecule has 0 spiro atoms. The second-order valence-corrected chi connectivity index (χ2v) is 8.76. The molecular weight excluding hydrogens is 436 g/mol. The summed E-state index contributed by atoms with van der Waals surface area (Å²) in [6, 6.07) is 10.8. The second kappa shape index (κ2) is 10.3. The van der Waals surface area contributed by atoms with Crippen LogP contribution in [0.15, 0.2) is 58.6 Å². The van der Waals surface area contributed by atoms with E-state index in [4.69, 9.17) is 4.84 Å². The number of piperidine rings is 1. The predicted octanol–water partition coefficient (Wildman–Crippen LogP) is 5.10. The van der Waals surface area contributed by atoms with Crippen molar-refractivity contribution in [2.24, 2.45) is 5.16 Å². The SMILES string of the molecule is CCc1cccc(C)c1-n1cc(-c2ccc(F)cc2F)cc(/C=N/OC2CCN(C)CC2)c1=O. The van der Waals surface area contributed by atoms with Crippen molar-refractivity contribution < 1.29 is 13.6 Å². The largest absolute Gasteiger partial charge is 0.392 e. The molecule has 3 aromatic rings. The van der Waals surface area contributed by atoms with Gasteiger partial charge in [-0.15, -0.1) is 0 Å². The third-order valence-corrected chi connectivity index (χ3v) is 6.30. The van der Waals surface area contributed by atoms with Crippen LogP contribution in [0, 0.1) is 18.6 Å². The highest BCUT2D eigenvalue weighted by Gasteiger charge is 2.18. The summed E-state index contributed by atoms with van der Waals surface area (Å²) in [5.41, 5.74) is 3.29. The zero-order valence-electron chi connectivity index (χ0n) is 19.7. The average Bonchev–Trinajstić information content (AvgIpc) is 2.81. The maximum Gasteiger partial charge on any atom is 0.264 e. The number of oxime groups is 1. The van der Waals surface area contributed by atoms with E-state index in [9.17, 15) is 13.6 Å². The fourth-order valence-electron chi connectivity index (χ4n) is 4.35. The molecule has 2 heterocycles. The molecule has 0 atom stereocenters. The maximum absolute atomic E-state index is 14.7. The summed E-state index contributed by atoms with van der Waals surface area (Å²) in [5, 5.41) is 4.11. The van der Waals surface area contributed by atoms with Crippen LogP contribution in [0.25, 0.3) is 16.8 Å². The van der Waals surface area contributed by atoms with Gasteiger partial charge in [-0.25, -0.2) is 8.78 Å². The average molecular weight is 466 g/mol. The van der Waals surface area contributed by atoms with Crippen LogP contribution in [-0.2, 0) is 11.3 Å². The van der Waals surface area contributed by atoms with Crippen LogP contribution in [0.2, 0.25) is 0 Å². The Balaban J connectivity index is 1.80. The zero-order valence-corrected chi connectivity index (χ0v) is 19.7. The first-order valence-electron chi connectivity index (χ1n) is 11.6. The van der Waals surface area contributed by atoms with Crippen molar-refractivity contribution >= 4 is 6.21 Å². The van der Waals surface area contributed by atoms with Gasteiger partial charge in [0.05, 0.1) is 17.5 Å². The summed E-state index contributed by atoms with van der Waals surface area (Å²) >= 11 is 0. The van der Waals surface area contributed by atoms with Crippen molar-refractivity contribution in [3.8, 4) is 16.8 Å². The third kappa shape index (κ3) is 5.09. The topological polar surface area (TPSA) is 46.8 Å². The molecule has 0 saturated carbocycles. The van der Waals surface area contributed by atoms with Gasteiger partial charge in [0.1, 0.15) is 17.7 Å². The van der Waals surface area contributed by atoms with Crippen molar-refractivity contribution in [3.63, 3.8) is 0 Å². The Bertz CT molecular complexity index is 1260. The van der Waals surface area contributed by atoms with Crippen LogP contribution >= 0.6 is 0 Å². The van der Waals surface area contributed by atoms with Gasteiger partial charge in [-0.05, 0) is 62.6 Å². The quantitative estimate of drug-likeness (QED) is 0.376. The highest BCUT2D eigenvalue weighted by molar-refractivity contribution is 5.82. The Morgan fingerprint density at radius 1 is 1.15 bits per heavy atom. The number of hydrogen-bond donors (Lipinski definition) is 0. The van der Waals surface area contributed by atoms with Gasteiger partial charge in [0.2, 0.25) is 0 Å². The van der Waals surface area contributed by atoms with Crippen LogP contribution in [0.1, 0.15) is 36.5 Å². The van der Waals surface area contributed by atoms with Gasteiger partial charge >= 0.3 is 0 Å². The Morgan fingerprint density at radius 2 is 1.91 bits per heavy atom. The maximum atomic E-state index is 14.7. The minimum Gasteiger partial charge on any atom is -0.392 e. The van der Waals surface area contributed by atoms with Crippen LogP contribution in [0.5, 0.6) is 0 Å². The van der Waals surface area contributed by atoms with Gasteiger partial charge < -0.3 is 9.74 Å². The van der Waals surface area contributed by atoms with Crippen molar-refractivity contribution in [2.45, 2.75) is 39.2 Å². The van der Waals surface area contributed by atoms with Crippen LogP contribution in [0.3, 0.4) is 0 Å². The van der Waals surface area contributed by atoms with E-state index in [-0.39, 0.29) is 22.8 Å². The summed E-state index contributed by atoms with van der Waals surface area (Å²) < 4.78 is 29.7. The molecule has 0 aliphatic carbocycles. The lowest BCUT2D eigenvalue weighted by Gasteiger charge is -2.27. The molecular formula is C27H29F2N3O2. The van der Waals surface area contributed by atoms with Crippen molar-refractivity contribution in [3.05, 3.63) is 87.3 Å². The first kappa shape index (κ1) is 23.8. The fraction of sp³-hybridized carbons (Fsp3) is 0.333. The van der Waals surface area contributed by atoms with Gasteiger partial charge in [0.15, 0.2) is 0 Å². The number of aryl methyl sites for hydroxylation is 2. The third-order valence-electron chi connectivity index (χ3n) is 6.30. The molecule has 0 N–H and O–H groups in total. The molecule has 0 radical (unpaired) electrons. The highest BCUT2D eigenvalue weighted by atomic mass is 19.1. The van der Waals surface area contributed by atoms with Crippen LogP contribution in [-0.4, -0.2) is 41.9 Å². The lowest BCUT2D eigenvalue weighted by molar-refractivity contribution is 0.0170. The molecule has 4 rings (SSSR count). The smallest absolute Gasteiger partial charge is 0.264 e. The van der Waals surface area contributed by atoms with E-state index in [0.717, 1.165) is 55.2 Å². The molecule has 0 unspecified atom stereocenters. The van der Waals surface area contributed by atoms with E-state index >= 15 is 0 Å². The van der Waals surface area contributed by atoms with E-state index in [0.29, 0.717) is 5.56 Å². The lowest BCUT2D eigenvalue weighted by atomic mass is 10.0. The first-order chi connectivity index (χ1) is 16.4. The lowest BCUT2D eigenvalue weighted by Crippen LogP contribution is -2.33. The number of halogens is 2. The molecule has 1 aliphatic heterocycles. The van der Waals surface area contributed by atoms with Crippen molar-refractivity contribution in [2.75, 3.05) is 20.1 Å². The zero-order chi connectivity index (χ0) is 24.2. The Labute approximate surface area is 198 Å². The summed E-state index contributed by atoms with van der Waals surface area (Å²) in [4.78, 5) is 21.4. The summed E-state index contributed by atoms with van der Waals surface area (Å²) in [5.74, 6) is -1.36. The van der Waals surface area contributed by atoms with Gasteiger partial charge in [-0.1, -0.05) is 30.3 Å². The number of aromatic nitrogens is 1. The monoisotopic (exact) mass is 465 g/mol. The molecule has 1 saturated heterocycles. The standard InChI is InChI=1S/C27H29F2N3O2/c1-4-19-7-5-6-18(2)26(19)32-17-21(24-9-8-22(28)15-25(24)29)14-20(27(32)33)16-30-34-23-10-12-31(3)13-11-23/h5-9,14-17,23H,4,10-13H2,1-3H3/b30-16+. The van der Waals surface area contributed by atoms with E-state index in [2.05, 4.69) is 17.1 Å². The Hall–Kier alpha value is -3.32. The minimum absolute atomic E-state index is 0.00420. The summed E-state index contributed by atoms with van der Waals surface area (Å²) in [6.07, 6.45) is 5.45. The molecule has 1 aromatic heterocycles. The Morgan fingerprint density at radius 3 is 2.62 bits per heavy atom. The number of pyridine rings is 1. The normalized spacial score (nSPS) is 15.2. The number of nitrogens with zero attached hydrogens (tertiary/aromatic N) is 3. The Kier molecular flexibility index (Phi) is 7.22. The summed E-state index contributed by atoms with van der Waals surface area (Å²) in [6.45, 7) is 5.81. The minimum atomic E-state index is -0.698. The van der Waals surface area contributed by atoms with E-state index < -0.39 is 11.6 Å². The van der Waals surface area contributed by atoms with Gasteiger partial charge in [-0.2, -0.15) is 0 Å². The van der Waals surface area contributed by atoms with E-state index in [1.807, 2.05) is 32.0 Å². The molecule has 0 amide bonds. The first-order valence-corrected chi connectivity index (χ1v) is 11.6. The number of benzene rings is 2. The van der Waals surface area contributed by atoms with E-state index in [1.54, 1.807) is 12.3 Å². The van der Waals surface area contributed by atoms with Gasteiger partial charge in [0.25, 0.3) is 5.56 Å². The number of hydrogen-bond acceptors (Lipinski definition) is 4. The number of para-hydroxylation sites is 1. The van der Waals surface area contributed by atoms with Crippen molar-refractivity contribution in [1.29, 1.82) is 0 Å². The van der Waals surface area contributed by atoms with Gasteiger partial charge in [-0.3, -0.25) is 9.36 Å². The molecule has 2 aromatic carbocycles. The number of rotatable bonds is 6. The molecule has 1 fully saturated rings. The van der Waals surface area contributed by atoms with Crippen molar-refractivity contribution in [1.82, 2.24) is 9.47 Å². The van der Waals surface area contributed by atoms with E-state index in [1.165, 1.54) is 22.9 Å². The van der Waals surface area contributed by atoms with Crippen LogP contribution in [0.4, 0.5) is 8.78 Å². The molecule has 1 aliphatic rings. The molecule has 0 bridgehead atoms. The molecule has 34 heavy (non-hydrogen) atoms. The predicted molar refractivity (Wildman–Crippen MR) is 131 cm³/mol. The highest BCUT2D eigenvalue weighted by Crippen LogP contribution is 2.26. The second-order valence-electron chi connectivity index (χ2n) is 8.76. The number of likely N-dealkylation sites (tertiary alicyclic amines) is 1. The van der Waals surface area contributed by atoms with Gasteiger partial charge in [0, 0.05) is 36.5 Å². The molecule has 7 heteroatoms. The van der Waals surface area contributed by atoms with Crippen LogP contribution < -0.4 is 5.56 Å². The molecule has 5 nitrogen and oxygen atoms in total. The summed E-state index contributed by atoms with van der Waals surface area (Å²) in [7, 11) is 2.07. The fourth-order valence-corrected chi connectivity index (χ4v) is 4.35.